The maximum absolute atomic E-state index is 4.82. The minimum absolute atomic E-state index is 0. The van der Waals surface area contributed by atoms with Gasteiger partial charge in [-0.25, -0.2) is 0 Å². The maximum atomic E-state index is 4.82. The number of guanidine groups is 1. The number of likely N-dealkylation sites (tertiary alicyclic amines) is 1. The van der Waals surface area contributed by atoms with E-state index in [2.05, 4.69) is 43.2 Å². The Balaban J connectivity index is 0.00000484. The Morgan fingerprint density at radius 1 is 1.22 bits per heavy atom. The van der Waals surface area contributed by atoms with E-state index >= 15 is 0 Å². The zero-order chi connectivity index (χ0) is 16.2. The predicted molar refractivity (Wildman–Crippen MR) is 113 cm³/mol. The molecule has 23 heavy (non-hydrogen) atoms. The fourth-order valence-electron chi connectivity index (χ4n) is 3.09. The van der Waals surface area contributed by atoms with Crippen molar-refractivity contribution in [1.82, 2.24) is 15.5 Å². The summed E-state index contributed by atoms with van der Waals surface area (Å²) in [7, 11) is 0. The van der Waals surface area contributed by atoms with Crippen molar-refractivity contribution in [3.63, 3.8) is 0 Å². The summed E-state index contributed by atoms with van der Waals surface area (Å²) in [5.41, 5.74) is 0. The zero-order valence-corrected chi connectivity index (χ0v) is 18.1. The summed E-state index contributed by atoms with van der Waals surface area (Å²) in [6.07, 6.45) is 6.47. The van der Waals surface area contributed by atoms with Gasteiger partial charge in [0.25, 0.3) is 0 Å². The summed E-state index contributed by atoms with van der Waals surface area (Å²) in [4.78, 5) is 7.35. The molecule has 2 unspecified atom stereocenters. The molecule has 1 heterocycles. The average Bonchev–Trinajstić information content (AvgIpc) is 3.00. The first-order valence-electron chi connectivity index (χ1n) is 9.47. The monoisotopic (exact) mass is 438 g/mol. The minimum Gasteiger partial charge on any atom is -0.357 e. The smallest absolute Gasteiger partial charge is 0.191 e. The predicted octanol–water partition coefficient (Wildman–Crippen LogP) is 3.72. The third-order valence-corrected chi connectivity index (χ3v) is 4.77. The molecule has 1 saturated heterocycles. The van der Waals surface area contributed by atoms with Gasteiger partial charge in [0.2, 0.25) is 0 Å². The third-order valence-electron chi connectivity index (χ3n) is 4.77. The van der Waals surface area contributed by atoms with Crippen LogP contribution in [0.4, 0.5) is 0 Å². The minimum atomic E-state index is 0. The standard InChI is InChI=1S/C18H38N4.HI/c1-5-9-10-16(6-2)13-20-18(19-7-3)21-14-17-11-12-22(8-4)15-17;/h16-17H,5-15H2,1-4H3,(H2,19,20,21);1H. The molecule has 0 aromatic rings. The third kappa shape index (κ3) is 9.75. The molecule has 2 N–H and O–H groups in total. The van der Waals surface area contributed by atoms with E-state index in [-0.39, 0.29) is 24.0 Å². The van der Waals surface area contributed by atoms with E-state index in [1.807, 2.05) is 0 Å². The lowest BCUT2D eigenvalue weighted by atomic mass is 10.00. The zero-order valence-electron chi connectivity index (χ0n) is 15.7. The quantitative estimate of drug-likeness (QED) is 0.310. The fraction of sp³-hybridized carbons (Fsp3) is 0.944. The van der Waals surface area contributed by atoms with Crippen molar-refractivity contribution in [1.29, 1.82) is 0 Å². The Labute approximate surface area is 161 Å². The molecule has 0 bridgehead atoms. The summed E-state index contributed by atoms with van der Waals surface area (Å²) in [5.74, 6) is 2.51. The molecule has 0 radical (unpaired) electrons. The summed E-state index contributed by atoms with van der Waals surface area (Å²) in [6, 6.07) is 0. The molecule has 0 amide bonds. The number of halogens is 1. The van der Waals surface area contributed by atoms with Gasteiger partial charge in [-0.15, -0.1) is 24.0 Å². The number of unbranched alkanes of at least 4 members (excludes halogenated alkanes) is 1. The first-order chi connectivity index (χ1) is 10.7. The summed E-state index contributed by atoms with van der Waals surface area (Å²) in [5, 5.41) is 6.95. The van der Waals surface area contributed by atoms with Gasteiger partial charge in [0, 0.05) is 26.2 Å². The lowest BCUT2D eigenvalue weighted by Gasteiger charge is -2.17. The Bertz CT molecular complexity index is 309. The molecule has 4 nitrogen and oxygen atoms in total. The van der Waals surface area contributed by atoms with Crippen LogP contribution >= 0.6 is 24.0 Å². The Kier molecular flexibility index (Phi) is 14.3. The average molecular weight is 438 g/mol. The van der Waals surface area contributed by atoms with E-state index in [0.29, 0.717) is 0 Å². The van der Waals surface area contributed by atoms with Gasteiger partial charge in [-0.05, 0) is 44.7 Å². The van der Waals surface area contributed by atoms with Crippen molar-refractivity contribution in [3.8, 4) is 0 Å². The molecule has 1 aliphatic heterocycles. The van der Waals surface area contributed by atoms with Crippen LogP contribution in [-0.4, -0.2) is 50.1 Å². The van der Waals surface area contributed by atoms with E-state index in [9.17, 15) is 0 Å². The second kappa shape index (κ2) is 14.3. The van der Waals surface area contributed by atoms with E-state index in [1.165, 1.54) is 51.7 Å². The van der Waals surface area contributed by atoms with Gasteiger partial charge < -0.3 is 15.5 Å². The van der Waals surface area contributed by atoms with Crippen molar-refractivity contribution in [3.05, 3.63) is 0 Å². The van der Waals surface area contributed by atoms with Crippen LogP contribution < -0.4 is 10.6 Å². The van der Waals surface area contributed by atoms with Gasteiger partial charge in [-0.3, -0.25) is 4.99 Å². The molecule has 1 fully saturated rings. The first-order valence-corrected chi connectivity index (χ1v) is 9.47. The van der Waals surface area contributed by atoms with Crippen LogP contribution in [0.5, 0.6) is 0 Å². The molecule has 0 spiro atoms. The molecule has 0 aromatic carbocycles. The van der Waals surface area contributed by atoms with Crippen molar-refractivity contribution < 1.29 is 0 Å². The number of hydrogen-bond acceptors (Lipinski definition) is 2. The lowest BCUT2D eigenvalue weighted by Crippen LogP contribution is -2.40. The number of aliphatic imine (C=N–C) groups is 1. The first kappa shape index (κ1) is 23.0. The van der Waals surface area contributed by atoms with E-state index in [4.69, 9.17) is 4.99 Å². The highest BCUT2D eigenvalue weighted by atomic mass is 127. The molecule has 138 valence electrons. The van der Waals surface area contributed by atoms with Gasteiger partial charge in [-0.2, -0.15) is 0 Å². The van der Waals surface area contributed by atoms with Gasteiger partial charge in [-0.1, -0.05) is 40.0 Å². The van der Waals surface area contributed by atoms with Crippen LogP contribution in [0.1, 0.15) is 59.8 Å². The highest BCUT2D eigenvalue weighted by Crippen LogP contribution is 2.15. The number of rotatable bonds is 10. The SMILES string of the molecule is CCCCC(CC)CN=C(NCC)NCC1CCN(CC)C1.I. The summed E-state index contributed by atoms with van der Waals surface area (Å²) < 4.78 is 0. The molecule has 0 aromatic heterocycles. The van der Waals surface area contributed by atoms with Crippen LogP contribution in [0.15, 0.2) is 4.99 Å². The van der Waals surface area contributed by atoms with Crippen molar-refractivity contribution in [2.45, 2.75) is 59.8 Å². The molecule has 1 aliphatic rings. The second-order valence-electron chi connectivity index (χ2n) is 6.56. The van der Waals surface area contributed by atoms with Gasteiger partial charge in [0.05, 0.1) is 0 Å². The number of nitrogens with zero attached hydrogens (tertiary/aromatic N) is 2. The molecular weight excluding hydrogens is 399 g/mol. The van der Waals surface area contributed by atoms with Crippen molar-refractivity contribution in [2.24, 2.45) is 16.8 Å². The van der Waals surface area contributed by atoms with Gasteiger partial charge in [0.1, 0.15) is 0 Å². The van der Waals surface area contributed by atoms with E-state index in [1.54, 1.807) is 0 Å². The van der Waals surface area contributed by atoms with Crippen LogP contribution in [0.3, 0.4) is 0 Å². The highest BCUT2D eigenvalue weighted by Gasteiger charge is 2.21. The normalized spacial score (nSPS) is 20.2. The molecular formula is C18H39IN4. The van der Waals surface area contributed by atoms with Gasteiger partial charge >= 0.3 is 0 Å². The second-order valence-corrected chi connectivity index (χ2v) is 6.56. The molecule has 0 saturated carbocycles. The fourth-order valence-corrected chi connectivity index (χ4v) is 3.09. The van der Waals surface area contributed by atoms with Crippen molar-refractivity contribution in [2.75, 3.05) is 39.3 Å². The Hall–Kier alpha value is -0.0400. The molecule has 0 aliphatic carbocycles. The molecule has 1 rings (SSSR count). The molecule has 2 atom stereocenters. The largest absolute Gasteiger partial charge is 0.357 e. The van der Waals surface area contributed by atoms with Crippen molar-refractivity contribution >= 4 is 29.9 Å². The van der Waals surface area contributed by atoms with Crippen LogP contribution in [0.25, 0.3) is 0 Å². The highest BCUT2D eigenvalue weighted by molar-refractivity contribution is 14.0. The van der Waals surface area contributed by atoms with Gasteiger partial charge in [0.15, 0.2) is 5.96 Å². The summed E-state index contributed by atoms with van der Waals surface area (Å²) in [6.45, 7) is 15.6. The van der Waals surface area contributed by atoms with Crippen LogP contribution in [0, 0.1) is 11.8 Å². The molecule has 5 heteroatoms. The Morgan fingerprint density at radius 2 is 2.00 bits per heavy atom. The number of nitrogens with one attached hydrogen (secondary N) is 2. The lowest BCUT2D eigenvalue weighted by molar-refractivity contribution is 0.341. The van der Waals surface area contributed by atoms with E-state index < -0.39 is 0 Å². The van der Waals surface area contributed by atoms with E-state index in [0.717, 1.165) is 37.4 Å². The number of hydrogen-bond donors (Lipinski definition) is 2. The maximum Gasteiger partial charge on any atom is 0.191 e. The van der Waals surface area contributed by atoms with Crippen LogP contribution in [-0.2, 0) is 0 Å². The van der Waals surface area contributed by atoms with Crippen LogP contribution in [0.2, 0.25) is 0 Å². The Morgan fingerprint density at radius 3 is 2.57 bits per heavy atom. The summed E-state index contributed by atoms with van der Waals surface area (Å²) >= 11 is 0. The topological polar surface area (TPSA) is 39.7 Å².